The van der Waals surface area contributed by atoms with Gasteiger partial charge in [-0.15, -0.1) is 0 Å². The topological polar surface area (TPSA) is 75.7 Å². The first kappa shape index (κ1) is 21.8. The molecule has 0 bridgehead atoms. The van der Waals surface area contributed by atoms with Gasteiger partial charge in [0.1, 0.15) is 5.75 Å². The zero-order valence-corrected chi connectivity index (χ0v) is 19.7. The van der Waals surface area contributed by atoms with Crippen LogP contribution >= 0.6 is 0 Å². The lowest BCUT2D eigenvalue weighted by Crippen LogP contribution is -2.41. The second-order valence-corrected chi connectivity index (χ2v) is 9.94. The standard InChI is InChI=1S/C29H28N2O4/c1-17-28(33)30-25-15-20(9-10-26(25)35-17)27(32)19-11-13-31(14-12-19)29(34)24-16-23(24)22-8-4-6-18-5-2-3-7-21(18)22/h2-10,15,17,19,23-24H,11-14,16H2,1H3,(H,30,33)/t17-,23-,24-/m0/s1. The second-order valence-electron chi connectivity index (χ2n) is 9.94. The van der Waals surface area contributed by atoms with Gasteiger partial charge in [0.05, 0.1) is 5.69 Å². The summed E-state index contributed by atoms with van der Waals surface area (Å²) in [6, 6.07) is 19.9. The van der Waals surface area contributed by atoms with Crippen LogP contribution in [0.1, 0.15) is 48.0 Å². The van der Waals surface area contributed by atoms with Crippen molar-refractivity contribution in [2.45, 2.75) is 38.2 Å². The molecule has 3 aromatic rings. The predicted octanol–water partition coefficient (Wildman–Crippen LogP) is 4.78. The molecule has 2 heterocycles. The molecular formula is C29H28N2O4. The van der Waals surface area contributed by atoms with Crippen molar-refractivity contribution in [1.29, 1.82) is 0 Å². The smallest absolute Gasteiger partial charge is 0.265 e. The van der Waals surface area contributed by atoms with E-state index in [-0.39, 0.29) is 35.4 Å². The highest BCUT2D eigenvalue weighted by Crippen LogP contribution is 2.50. The second kappa shape index (κ2) is 8.52. The Kier molecular flexibility index (Phi) is 5.32. The van der Waals surface area contributed by atoms with Crippen LogP contribution in [0, 0.1) is 11.8 Å². The summed E-state index contributed by atoms with van der Waals surface area (Å²) >= 11 is 0. The highest BCUT2D eigenvalue weighted by molar-refractivity contribution is 6.02. The first-order valence-corrected chi connectivity index (χ1v) is 12.4. The Bertz CT molecular complexity index is 1340. The van der Waals surface area contributed by atoms with Crippen LogP contribution in [0.4, 0.5) is 5.69 Å². The number of hydrogen-bond donors (Lipinski definition) is 1. The maximum Gasteiger partial charge on any atom is 0.265 e. The molecule has 3 aromatic carbocycles. The summed E-state index contributed by atoms with van der Waals surface area (Å²) in [6.07, 6.45) is 1.67. The summed E-state index contributed by atoms with van der Waals surface area (Å²) in [5, 5.41) is 5.26. The molecule has 1 saturated heterocycles. The van der Waals surface area contributed by atoms with Crippen molar-refractivity contribution in [2.75, 3.05) is 18.4 Å². The lowest BCUT2D eigenvalue weighted by atomic mass is 9.88. The summed E-state index contributed by atoms with van der Waals surface area (Å²) in [7, 11) is 0. The Labute approximate surface area is 204 Å². The third-order valence-corrected chi connectivity index (χ3v) is 7.70. The third-order valence-electron chi connectivity index (χ3n) is 7.70. The number of nitrogens with zero attached hydrogens (tertiary/aromatic N) is 1. The number of hydrogen-bond acceptors (Lipinski definition) is 4. The fourth-order valence-electron chi connectivity index (χ4n) is 5.58. The Morgan fingerprint density at radius 1 is 1.00 bits per heavy atom. The number of ether oxygens (including phenoxy) is 1. The van der Waals surface area contributed by atoms with Gasteiger partial charge in [-0.1, -0.05) is 42.5 Å². The molecule has 1 aliphatic carbocycles. The van der Waals surface area contributed by atoms with Crippen molar-refractivity contribution < 1.29 is 19.1 Å². The molecule has 0 radical (unpaired) electrons. The molecular weight excluding hydrogens is 440 g/mol. The molecule has 3 atom stereocenters. The maximum absolute atomic E-state index is 13.2. The summed E-state index contributed by atoms with van der Waals surface area (Å²) in [5.74, 6) is 0.854. The van der Waals surface area contributed by atoms with Crippen LogP contribution < -0.4 is 10.1 Å². The fourth-order valence-corrected chi connectivity index (χ4v) is 5.58. The number of amides is 2. The molecule has 0 unspecified atom stereocenters. The Morgan fingerprint density at radius 3 is 2.60 bits per heavy atom. The number of nitrogens with one attached hydrogen (secondary N) is 1. The van der Waals surface area contributed by atoms with Crippen LogP contribution in [0.2, 0.25) is 0 Å². The van der Waals surface area contributed by atoms with Crippen molar-refractivity contribution in [1.82, 2.24) is 4.90 Å². The number of fused-ring (bicyclic) bond motifs is 2. The molecule has 0 aromatic heterocycles. The number of carbonyl (C=O) groups is 3. The largest absolute Gasteiger partial charge is 0.479 e. The highest BCUT2D eigenvalue weighted by atomic mass is 16.5. The molecule has 1 N–H and O–H groups in total. The van der Waals surface area contributed by atoms with E-state index in [1.54, 1.807) is 25.1 Å². The van der Waals surface area contributed by atoms with Gasteiger partial charge in [0, 0.05) is 30.5 Å². The Morgan fingerprint density at radius 2 is 1.77 bits per heavy atom. The molecule has 6 rings (SSSR count). The van der Waals surface area contributed by atoms with Gasteiger partial charge in [-0.25, -0.2) is 0 Å². The van der Waals surface area contributed by atoms with E-state index in [4.69, 9.17) is 4.74 Å². The third kappa shape index (κ3) is 3.97. The van der Waals surface area contributed by atoms with Crippen molar-refractivity contribution in [3.05, 3.63) is 71.8 Å². The van der Waals surface area contributed by atoms with Gasteiger partial charge in [-0.2, -0.15) is 0 Å². The molecule has 0 spiro atoms. The van der Waals surface area contributed by atoms with Gasteiger partial charge in [-0.3, -0.25) is 14.4 Å². The van der Waals surface area contributed by atoms with E-state index in [1.807, 2.05) is 11.0 Å². The number of anilines is 1. The monoisotopic (exact) mass is 468 g/mol. The Balaban J connectivity index is 1.08. The van der Waals surface area contributed by atoms with Crippen LogP contribution in [0.3, 0.4) is 0 Å². The van der Waals surface area contributed by atoms with Gasteiger partial charge in [-0.05, 0) is 66.6 Å². The average Bonchev–Trinajstić information content (AvgIpc) is 3.69. The predicted molar refractivity (Wildman–Crippen MR) is 134 cm³/mol. The van der Waals surface area contributed by atoms with Gasteiger partial charge in [0.25, 0.3) is 5.91 Å². The molecule has 2 fully saturated rings. The average molecular weight is 469 g/mol. The van der Waals surface area contributed by atoms with Crippen LogP contribution in [-0.2, 0) is 9.59 Å². The van der Waals surface area contributed by atoms with Gasteiger partial charge in [0.2, 0.25) is 5.91 Å². The number of ketones is 1. The maximum atomic E-state index is 13.2. The highest BCUT2D eigenvalue weighted by Gasteiger charge is 2.47. The molecule has 3 aliphatic rings. The number of rotatable bonds is 4. The summed E-state index contributed by atoms with van der Waals surface area (Å²) in [5.41, 5.74) is 2.38. The van der Waals surface area contributed by atoms with Crippen molar-refractivity contribution in [3.63, 3.8) is 0 Å². The fraction of sp³-hybridized carbons (Fsp3) is 0.345. The van der Waals surface area contributed by atoms with Crippen LogP contribution in [0.25, 0.3) is 10.8 Å². The minimum atomic E-state index is -0.544. The SMILES string of the molecule is C[C@@H]1Oc2ccc(C(=O)C3CCN(C(=O)[C@H]4C[C@H]4c4cccc5ccccc45)CC3)cc2NC1=O. The first-order chi connectivity index (χ1) is 17.0. The number of likely N-dealkylation sites (tertiary alicyclic amines) is 1. The van der Waals surface area contributed by atoms with Gasteiger partial charge >= 0.3 is 0 Å². The summed E-state index contributed by atoms with van der Waals surface area (Å²) in [4.78, 5) is 40.3. The normalized spacial score (nSPS) is 23.9. The minimum Gasteiger partial charge on any atom is -0.479 e. The summed E-state index contributed by atoms with van der Waals surface area (Å²) < 4.78 is 5.59. The van der Waals surface area contributed by atoms with Crippen molar-refractivity contribution in [2.24, 2.45) is 11.8 Å². The number of benzene rings is 3. The molecule has 2 aliphatic heterocycles. The molecule has 2 amide bonds. The zero-order chi connectivity index (χ0) is 24.1. The van der Waals surface area contributed by atoms with Crippen LogP contribution in [-0.4, -0.2) is 41.7 Å². The van der Waals surface area contributed by atoms with Crippen molar-refractivity contribution in [3.8, 4) is 5.75 Å². The van der Waals surface area contributed by atoms with E-state index in [9.17, 15) is 14.4 Å². The molecule has 178 valence electrons. The number of Topliss-reactive ketones (excluding diaryl/α,β-unsaturated/α-hetero) is 1. The van der Waals surface area contributed by atoms with E-state index in [0.717, 1.165) is 6.42 Å². The van der Waals surface area contributed by atoms with E-state index in [2.05, 4.69) is 41.7 Å². The molecule has 6 nitrogen and oxygen atoms in total. The molecule has 6 heteroatoms. The van der Waals surface area contributed by atoms with E-state index < -0.39 is 6.10 Å². The molecule has 1 saturated carbocycles. The van der Waals surface area contributed by atoms with Gasteiger partial charge in [0.15, 0.2) is 11.9 Å². The first-order valence-electron chi connectivity index (χ1n) is 12.4. The zero-order valence-electron chi connectivity index (χ0n) is 19.7. The quantitative estimate of drug-likeness (QED) is 0.559. The van der Waals surface area contributed by atoms with Crippen molar-refractivity contribution >= 4 is 34.1 Å². The summed E-state index contributed by atoms with van der Waals surface area (Å²) in [6.45, 7) is 2.91. The lowest BCUT2D eigenvalue weighted by molar-refractivity contribution is -0.133. The number of carbonyl (C=O) groups excluding carboxylic acids is 3. The van der Waals surface area contributed by atoms with E-state index >= 15 is 0 Å². The van der Waals surface area contributed by atoms with E-state index in [0.29, 0.717) is 42.9 Å². The van der Waals surface area contributed by atoms with Crippen LogP contribution in [0.15, 0.2) is 60.7 Å². The van der Waals surface area contributed by atoms with Gasteiger partial charge < -0.3 is 15.0 Å². The lowest BCUT2D eigenvalue weighted by Gasteiger charge is -2.32. The number of piperidine rings is 1. The molecule has 35 heavy (non-hydrogen) atoms. The Hall–Kier alpha value is -3.67. The van der Waals surface area contributed by atoms with Crippen LogP contribution in [0.5, 0.6) is 5.75 Å². The van der Waals surface area contributed by atoms with E-state index in [1.165, 1.54) is 16.3 Å². The minimum absolute atomic E-state index is 0.0414.